The number of rotatable bonds is 7. The standard InChI is InChI=1S/C27H27N3O2/c1-27(2,3)24-12-8-20(9-13-24)16-26(31)30-29-18-21-10-14-25(15-11-21)32-19-23-7-5-4-6-22(23)17-28/h4-15,18H,16,19H2,1-3H3,(H,30,31)/b29-18-. The molecule has 0 atom stereocenters. The van der Waals surface area contributed by atoms with E-state index in [2.05, 4.69) is 49.5 Å². The van der Waals surface area contributed by atoms with Crippen LogP contribution < -0.4 is 10.2 Å². The molecule has 0 saturated carbocycles. The van der Waals surface area contributed by atoms with E-state index in [0.29, 0.717) is 17.9 Å². The summed E-state index contributed by atoms with van der Waals surface area (Å²) in [6.45, 7) is 6.81. The summed E-state index contributed by atoms with van der Waals surface area (Å²) in [6, 6.07) is 25.0. The molecule has 3 aromatic carbocycles. The van der Waals surface area contributed by atoms with Gasteiger partial charge in [0.2, 0.25) is 5.91 Å². The van der Waals surface area contributed by atoms with Crippen molar-refractivity contribution in [3.63, 3.8) is 0 Å². The Labute approximate surface area is 189 Å². The smallest absolute Gasteiger partial charge is 0.244 e. The van der Waals surface area contributed by atoms with Crippen LogP contribution in [0.25, 0.3) is 0 Å². The zero-order valence-corrected chi connectivity index (χ0v) is 18.6. The van der Waals surface area contributed by atoms with E-state index in [4.69, 9.17) is 10.00 Å². The van der Waals surface area contributed by atoms with Gasteiger partial charge in [0.15, 0.2) is 0 Å². The van der Waals surface area contributed by atoms with Crippen molar-refractivity contribution in [1.29, 1.82) is 5.26 Å². The molecule has 3 rings (SSSR count). The van der Waals surface area contributed by atoms with Gasteiger partial charge in [0.25, 0.3) is 0 Å². The molecule has 0 aromatic heterocycles. The number of hydrogen-bond donors (Lipinski definition) is 1. The molecule has 0 aliphatic carbocycles. The van der Waals surface area contributed by atoms with Gasteiger partial charge in [-0.15, -0.1) is 0 Å². The van der Waals surface area contributed by atoms with Crippen molar-refractivity contribution in [3.8, 4) is 11.8 Å². The summed E-state index contributed by atoms with van der Waals surface area (Å²) in [5.41, 5.74) is 7.13. The van der Waals surface area contributed by atoms with Crippen molar-refractivity contribution in [2.24, 2.45) is 5.10 Å². The quantitative estimate of drug-likeness (QED) is 0.421. The van der Waals surface area contributed by atoms with Crippen LogP contribution in [-0.4, -0.2) is 12.1 Å². The molecule has 0 aliphatic rings. The highest BCUT2D eigenvalue weighted by atomic mass is 16.5. The maximum Gasteiger partial charge on any atom is 0.244 e. The van der Waals surface area contributed by atoms with Crippen LogP contribution in [0.1, 0.15) is 48.6 Å². The predicted octanol–water partition coefficient (Wildman–Crippen LogP) is 5.13. The van der Waals surface area contributed by atoms with Gasteiger partial charge in [-0.05, 0) is 52.4 Å². The minimum Gasteiger partial charge on any atom is -0.489 e. The molecule has 32 heavy (non-hydrogen) atoms. The third kappa shape index (κ3) is 6.55. The molecule has 5 heteroatoms. The number of carbonyl (C=O) groups excluding carboxylic acids is 1. The molecule has 0 spiro atoms. The zero-order chi connectivity index (χ0) is 23.0. The van der Waals surface area contributed by atoms with Crippen molar-refractivity contribution < 1.29 is 9.53 Å². The lowest BCUT2D eigenvalue weighted by Gasteiger charge is -2.19. The lowest BCUT2D eigenvalue weighted by Crippen LogP contribution is -2.20. The second-order valence-electron chi connectivity index (χ2n) is 8.54. The van der Waals surface area contributed by atoms with Crippen LogP contribution >= 0.6 is 0 Å². The Bertz CT molecular complexity index is 1120. The van der Waals surface area contributed by atoms with Gasteiger partial charge >= 0.3 is 0 Å². The summed E-state index contributed by atoms with van der Waals surface area (Å²) < 4.78 is 5.76. The SMILES string of the molecule is CC(C)(C)c1ccc(CC(=O)N/N=C\c2ccc(OCc3ccccc3C#N)cc2)cc1. The van der Waals surface area contributed by atoms with E-state index in [1.807, 2.05) is 54.6 Å². The van der Waals surface area contributed by atoms with E-state index in [9.17, 15) is 4.79 Å². The van der Waals surface area contributed by atoms with Crippen LogP contribution in [0, 0.1) is 11.3 Å². The van der Waals surface area contributed by atoms with Crippen LogP contribution in [0.3, 0.4) is 0 Å². The second-order valence-corrected chi connectivity index (χ2v) is 8.54. The van der Waals surface area contributed by atoms with Crippen molar-refractivity contribution in [3.05, 3.63) is 101 Å². The average Bonchev–Trinajstić information content (AvgIpc) is 2.78. The summed E-state index contributed by atoms with van der Waals surface area (Å²) in [4.78, 5) is 12.1. The molecule has 5 nitrogen and oxygen atoms in total. The van der Waals surface area contributed by atoms with Crippen molar-refractivity contribution in [2.75, 3.05) is 0 Å². The topological polar surface area (TPSA) is 74.5 Å². The normalized spacial score (nSPS) is 11.2. The van der Waals surface area contributed by atoms with Gasteiger partial charge in [-0.1, -0.05) is 63.2 Å². The minimum atomic E-state index is -0.166. The highest BCUT2D eigenvalue weighted by Gasteiger charge is 2.13. The molecule has 1 amide bonds. The van der Waals surface area contributed by atoms with Gasteiger partial charge in [0.1, 0.15) is 12.4 Å². The van der Waals surface area contributed by atoms with Gasteiger partial charge in [0.05, 0.1) is 24.3 Å². The molecule has 3 aromatic rings. The lowest BCUT2D eigenvalue weighted by atomic mass is 9.86. The van der Waals surface area contributed by atoms with Crippen molar-refractivity contribution in [1.82, 2.24) is 5.43 Å². The Morgan fingerprint density at radius 3 is 2.38 bits per heavy atom. The Hall–Kier alpha value is -3.91. The lowest BCUT2D eigenvalue weighted by molar-refractivity contribution is -0.120. The predicted molar refractivity (Wildman–Crippen MR) is 127 cm³/mol. The Morgan fingerprint density at radius 1 is 1.03 bits per heavy atom. The molecule has 162 valence electrons. The fraction of sp³-hybridized carbons (Fsp3) is 0.222. The molecule has 0 bridgehead atoms. The Balaban J connectivity index is 1.48. The van der Waals surface area contributed by atoms with Crippen molar-refractivity contribution >= 4 is 12.1 Å². The van der Waals surface area contributed by atoms with Gasteiger partial charge in [0, 0.05) is 5.56 Å². The summed E-state index contributed by atoms with van der Waals surface area (Å²) in [5.74, 6) is 0.526. The first-order valence-electron chi connectivity index (χ1n) is 10.5. The second kappa shape index (κ2) is 10.4. The molecular formula is C27H27N3O2. The number of carbonyl (C=O) groups is 1. The first-order chi connectivity index (χ1) is 15.3. The maximum atomic E-state index is 12.1. The molecule has 0 fully saturated rings. The summed E-state index contributed by atoms with van der Waals surface area (Å²) in [5, 5.41) is 13.2. The summed E-state index contributed by atoms with van der Waals surface area (Å²) in [6.07, 6.45) is 1.87. The maximum absolute atomic E-state index is 12.1. The monoisotopic (exact) mass is 425 g/mol. The number of nitriles is 1. The third-order valence-electron chi connectivity index (χ3n) is 5.00. The average molecular weight is 426 g/mol. The van der Waals surface area contributed by atoms with Crippen molar-refractivity contribution in [2.45, 2.75) is 39.2 Å². The first kappa shape index (κ1) is 22.8. The van der Waals surface area contributed by atoms with Gasteiger partial charge in [-0.3, -0.25) is 4.79 Å². The summed E-state index contributed by atoms with van der Waals surface area (Å²) >= 11 is 0. The minimum absolute atomic E-state index is 0.0901. The number of hydrazone groups is 1. The molecular weight excluding hydrogens is 398 g/mol. The van der Waals surface area contributed by atoms with Crippen LogP contribution in [0.5, 0.6) is 5.75 Å². The highest BCUT2D eigenvalue weighted by Crippen LogP contribution is 2.22. The van der Waals surface area contributed by atoms with Crippen LogP contribution in [0.15, 0.2) is 77.9 Å². The van der Waals surface area contributed by atoms with E-state index >= 15 is 0 Å². The van der Waals surface area contributed by atoms with E-state index in [-0.39, 0.29) is 17.7 Å². The fourth-order valence-corrected chi connectivity index (χ4v) is 3.09. The van der Waals surface area contributed by atoms with Crippen LogP contribution in [-0.2, 0) is 23.2 Å². The largest absolute Gasteiger partial charge is 0.489 e. The number of amides is 1. The molecule has 0 radical (unpaired) electrons. The molecule has 1 N–H and O–H groups in total. The number of nitrogens with zero attached hydrogens (tertiary/aromatic N) is 2. The number of ether oxygens (including phenoxy) is 1. The molecule has 0 saturated heterocycles. The summed E-state index contributed by atoms with van der Waals surface area (Å²) in [7, 11) is 0. The zero-order valence-electron chi connectivity index (χ0n) is 18.6. The number of benzene rings is 3. The van der Waals surface area contributed by atoms with E-state index in [1.54, 1.807) is 12.3 Å². The highest BCUT2D eigenvalue weighted by molar-refractivity contribution is 5.83. The van der Waals surface area contributed by atoms with E-state index < -0.39 is 0 Å². The van der Waals surface area contributed by atoms with Crippen LogP contribution in [0.2, 0.25) is 0 Å². The van der Waals surface area contributed by atoms with Gasteiger partial charge in [-0.25, -0.2) is 5.43 Å². The number of hydrogen-bond acceptors (Lipinski definition) is 4. The van der Waals surface area contributed by atoms with Gasteiger partial charge in [-0.2, -0.15) is 10.4 Å². The fourth-order valence-electron chi connectivity index (χ4n) is 3.09. The molecule has 0 heterocycles. The Morgan fingerprint density at radius 2 is 1.72 bits per heavy atom. The third-order valence-corrected chi connectivity index (χ3v) is 5.00. The number of nitrogens with one attached hydrogen (secondary N) is 1. The molecule has 0 aliphatic heterocycles. The first-order valence-corrected chi connectivity index (χ1v) is 10.5. The van der Waals surface area contributed by atoms with Crippen LogP contribution in [0.4, 0.5) is 0 Å². The van der Waals surface area contributed by atoms with E-state index in [0.717, 1.165) is 16.7 Å². The Kier molecular flexibility index (Phi) is 7.41. The molecule has 0 unspecified atom stereocenters. The van der Waals surface area contributed by atoms with Gasteiger partial charge < -0.3 is 4.74 Å². The van der Waals surface area contributed by atoms with E-state index in [1.165, 1.54) is 5.56 Å².